The minimum absolute atomic E-state index is 0.00685. The third kappa shape index (κ3) is 5.71. The number of rotatable bonds is 2. The largest absolute Gasteiger partial charge is 0.477 e. The van der Waals surface area contributed by atoms with E-state index < -0.39 is 5.97 Å². The van der Waals surface area contributed by atoms with E-state index in [1.165, 1.54) is 18.2 Å². The average molecular weight is 231 g/mol. The van der Waals surface area contributed by atoms with E-state index >= 15 is 0 Å². The molecule has 0 saturated heterocycles. The minimum Gasteiger partial charge on any atom is -0.477 e. The second-order valence-electron chi connectivity index (χ2n) is 1.67. The highest BCUT2D eigenvalue weighted by Gasteiger charge is 1.97. The number of aliphatic hydroxyl groups is 1. The Hall–Kier alpha value is -1.05. The zero-order valence-corrected chi connectivity index (χ0v) is 7.71. The van der Waals surface area contributed by atoms with Gasteiger partial charge in [-0.3, -0.25) is 0 Å². The fourth-order valence-corrected chi connectivity index (χ4v) is 0.441. The Bertz CT molecular complexity index is 268. The molecule has 0 aliphatic rings. The minimum atomic E-state index is -1.06. The van der Waals surface area contributed by atoms with Gasteiger partial charge in [0.1, 0.15) is 4.48 Å². The van der Waals surface area contributed by atoms with E-state index in [9.17, 15) is 4.79 Å². The Labute approximate surface area is 78.5 Å². The van der Waals surface area contributed by atoms with Crippen molar-refractivity contribution in [3.05, 3.63) is 22.7 Å². The summed E-state index contributed by atoms with van der Waals surface area (Å²) >= 11 is 2.80. The van der Waals surface area contributed by atoms with Crippen molar-refractivity contribution in [1.82, 2.24) is 0 Å². The maximum atomic E-state index is 10.2. The zero-order chi connectivity index (χ0) is 9.40. The molecular weight excluding hydrogens is 224 g/mol. The first-order valence-corrected chi connectivity index (χ1v) is 3.83. The fourth-order valence-electron chi connectivity index (χ4n) is 0.327. The third-order valence-corrected chi connectivity index (χ3v) is 1.36. The van der Waals surface area contributed by atoms with Crippen LogP contribution in [0.4, 0.5) is 0 Å². The highest BCUT2D eigenvalue weighted by molar-refractivity contribution is 9.12. The summed E-state index contributed by atoms with van der Waals surface area (Å²) in [6.07, 6.45) is 4.12. The van der Waals surface area contributed by atoms with Crippen molar-refractivity contribution in [1.29, 1.82) is 0 Å². The SMILES string of the molecule is O=C(O)/C(Br)=C\C#C/C=C/CO. The second-order valence-corrected chi connectivity index (χ2v) is 2.53. The molecule has 0 spiro atoms. The summed E-state index contributed by atoms with van der Waals surface area (Å²) in [6.45, 7) is -0.0709. The molecule has 0 aromatic carbocycles. The normalized spacial score (nSPS) is 11.0. The van der Waals surface area contributed by atoms with Gasteiger partial charge >= 0.3 is 5.97 Å². The summed E-state index contributed by atoms with van der Waals surface area (Å²) in [4.78, 5) is 10.2. The van der Waals surface area contributed by atoms with Crippen molar-refractivity contribution in [3.63, 3.8) is 0 Å². The fraction of sp³-hybridized carbons (Fsp3) is 0.125. The van der Waals surface area contributed by atoms with E-state index in [1.54, 1.807) is 0 Å². The van der Waals surface area contributed by atoms with Crippen LogP contribution in [0.15, 0.2) is 22.7 Å². The van der Waals surface area contributed by atoms with Gasteiger partial charge in [-0.05, 0) is 22.0 Å². The van der Waals surface area contributed by atoms with Crippen LogP contribution in [0.25, 0.3) is 0 Å². The van der Waals surface area contributed by atoms with Crippen molar-refractivity contribution in [2.45, 2.75) is 0 Å². The smallest absolute Gasteiger partial charge is 0.343 e. The maximum absolute atomic E-state index is 10.2. The van der Waals surface area contributed by atoms with E-state index in [4.69, 9.17) is 10.2 Å². The molecule has 2 N–H and O–H groups in total. The summed E-state index contributed by atoms with van der Waals surface area (Å²) in [6, 6.07) is 0. The van der Waals surface area contributed by atoms with Gasteiger partial charge in [-0.15, -0.1) is 0 Å². The lowest BCUT2D eigenvalue weighted by Crippen LogP contribution is -1.91. The average Bonchev–Trinajstić information content (AvgIpc) is 2.03. The van der Waals surface area contributed by atoms with E-state index in [0.29, 0.717) is 0 Å². The van der Waals surface area contributed by atoms with Crippen molar-refractivity contribution in [3.8, 4) is 11.8 Å². The molecule has 0 aromatic heterocycles. The van der Waals surface area contributed by atoms with Crippen LogP contribution in [-0.2, 0) is 4.79 Å². The first kappa shape index (κ1) is 11.0. The Balaban J connectivity index is 4.08. The molecule has 0 aromatic rings. The number of aliphatic carboxylic acids is 1. The van der Waals surface area contributed by atoms with Crippen molar-refractivity contribution in [2.24, 2.45) is 0 Å². The molecule has 3 nitrogen and oxygen atoms in total. The number of hydrogen-bond donors (Lipinski definition) is 2. The summed E-state index contributed by atoms with van der Waals surface area (Å²) < 4.78 is 0.00685. The second kappa shape index (κ2) is 6.65. The molecule has 0 saturated carbocycles. The van der Waals surface area contributed by atoms with Gasteiger partial charge < -0.3 is 10.2 Å². The topological polar surface area (TPSA) is 57.5 Å². The molecular formula is C8H7BrO3. The van der Waals surface area contributed by atoms with Gasteiger partial charge in [0.25, 0.3) is 0 Å². The van der Waals surface area contributed by atoms with E-state index in [-0.39, 0.29) is 11.1 Å². The number of halogens is 1. The Morgan fingerprint density at radius 2 is 2.17 bits per heavy atom. The van der Waals surface area contributed by atoms with Gasteiger partial charge in [-0.2, -0.15) is 0 Å². The molecule has 0 rings (SSSR count). The van der Waals surface area contributed by atoms with Gasteiger partial charge in [0, 0.05) is 6.08 Å². The van der Waals surface area contributed by atoms with Crippen LogP contribution in [0.2, 0.25) is 0 Å². The molecule has 0 unspecified atom stereocenters. The molecule has 0 aliphatic carbocycles. The lowest BCUT2D eigenvalue weighted by molar-refractivity contribution is -0.131. The highest BCUT2D eigenvalue weighted by atomic mass is 79.9. The summed E-state index contributed by atoms with van der Waals surface area (Å²) in [7, 11) is 0. The number of hydrogen-bond acceptors (Lipinski definition) is 2. The molecule has 12 heavy (non-hydrogen) atoms. The van der Waals surface area contributed by atoms with Gasteiger partial charge in [-0.1, -0.05) is 17.9 Å². The standard InChI is InChI=1S/C8H7BrO3/c9-7(8(11)12)5-3-1-2-4-6-10/h2,4-5,10H,6H2,(H,11,12)/b4-2+,7-5+. The Kier molecular flexibility index (Phi) is 6.07. The van der Waals surface area contributed by atoms with Crippen LogP contribution in [0.3, 0.4) is 0 Å². The molecule has 0 fully saturated rings. The van der Waals surface area contributed by atoms with Gasteiger partial charge in [0.05, 0.1) is 6.61 Å². The van der Waals surface area contributed by atoms with Crippen molar-refractivity contribution in [2.75, 3.05) is 6.61 Å². The summed E-state index contributed by atoms with van der Waals surface area (Å²) in [5.74, 6) is 3.92. The molecule has 0 bridgehead atoms. The number of carboxylic acid groups (broad SMARTS) is 1. The van der Waals surface area contributed by atoms with Gasteiger partial charge in [-0.25, -0.2) is 4.79 Å². The van der Waals surface area contributed by atoms with E-state index in [0.717, 1.165) is 0 Å². The van der Waals surface area contributed by atoms with Crippen molar-refractivity contribution < 1.29 is 15.0 Å². The van der Waals surface area contributed by atoms with Crippen LogP contribution in [0.5, 0.6) is 0 Å². The van der Waals surface area contributed by atoms with Crippen LogP contribution >= 0.6 is 15.9 Å². The Morgan fingerprint density at radius 3 is 2.67 bits per heavy atom. The number of carbonyl (C=O) groups is 1. The number of carboxylic acids is 1. The number of allylic oxidation sites excluding steroid dienone is 2. The van der Waals surface area contributed by atoms with Gasteiger partial charge in [0.2, 0.25) is 0 Å². The lowest BCUT2D eigenvalue weighted by atomic mass is 10.4. The van der Waals surface area contributed by atoms with Crippen LogP contribution in [-0.4, -0.2) is 22.8 Å². The molecule has 4 heteroatoms. The predicted molar refractivity (Wildman–Crippen MR) is 48.6 cm³/mol. The van der Waals surface area contributed by atoms with Crippen LogP contribution in [0.1, 0.15) is 0 Å². The molecule has 64 valence electrons. The monoisotopic (exact) mass is 230 g/mol. The molecule has 0 amide bonds. The lowest BCUT2D eigenvalue weighted by Gasteiger charge is -1.82. The quantitative estimate of drug-likeness (QED) is 0.548. The first-order chi connectivity index (χ1) is 5.68. The van der Waals surface area contributed by atoms with Crippen molar-refractivity contribution >= 4 is 21.9 Å². The molecule has 0 atom stereocenters. The van der Waals surface area contributed by atoms with E-state index in [1.807, 2.05) is 0 Å². The molecule has 0 heterocycles. The molecule has 0 radical (unpaired) electrons. The van der Waals surface area contributed by atoms with Gasteiger partial charge in [0.15, 0.2) is 0 Å². The number of aliphatic hydroxyl groups excluding tert-OH is 1. The van der Waals surface area contributed by atoms with Crippen LogP contribution < -0.4 is 0 Å². The molecule has 0 aliphatic heterocycles. The summed E-state index contributed by atoms with van der Waals surface area (Å²) in [5, 5.41) is 16.6. The van der Waals surface area contributed by atoms with Crippen LogP contribution in [0, 0.1) is 11.8 Å². The summed E-state index contributed by atoms with van der Waals surface area (Å²) in [5.41, 5.74) is 0. The Morgan fingerprint density at radius 1 is 1.50 bits per heavy atom. The first-order valence-electron chi connectivity index (χ1n) is 3.04. The van der Waals surface area contributed by atoms with E-state index in [2.05, 4.69) is 27.8 Å². The zero-order valence-electron chi connectivity index (χ0n) is 6.12. The highest BCUT2D eigenvalue weighted by Crippen LogP contribution is 2.02. The maximum Gasteiger partial charge on any atom is 0.343 e. The predicted octanol–water partition coefficient (Wildman–Crippen LogP) is 0.902. The third-order valence-electron chi connectivity index (χ3n) is 0.793.